The van der Waals surface area contributed by atoms with Crippen molar-refractivity contribution in [2.45, 2.75) is 40.7 Å². The summed E-state index contributed by atoms with van der Waals surface area (Å²) in [4.78, 5) is 1.99. The van der Waals surface area contributed by atoms with E-state index in [2.05, 4.69) is 12.6 Å². The average molecular weight is 515 g/mol. The second kappa shape index (κ2) is 8.67. The minimum atomic E-state index is -5.97. The van der Waals surface area contributed by atoms with E-state index in [1.165, 1.54) is 10.4 Å². The summed E-state index contributed by atoms with van der Waals surface area (Å²) < 4.78 is 106. The molecule has 1 aliphatic heterocycles. The lowest BCUT2D eigenvalue weighted by molar-refractivity contribution is -0.376. The van der Waals surface area contributed by atoms with Crippen molar-refractivity contribution in [1.29, 1.82) is 0 Å². The quantitative estimate of drug-likeness (QED) is 0.475. The SMILES string of the molecule is C[C@H]1CN(S(=O)(=O)c2ccccc2S)CCN1c1ccc(C(O)(C(F)(F)F)C(F)(F)F)cc1. The van der Waals surface area contributed by atoms with Crippen LogP contribution < -0.4 is 4.90 Å². The van der Waals surface area contributed by atoms with Crippen LogP contribution in [0.4, 0.5) is 32.0 Å². The number of sulfonamides is 1. The third-order valence-corrected chi connectivity index (χ3v) is 7.98. The number of aliphatic hydroxyl groups is 1. The molecule has 13 heteroatoms. The van der Waals surface area contributed by atoms with Gasteiger partial charge in [-0.25, -0.2) is 8.42 Å². The van der Waals surface area contributed by atoms with Gasteiger partial charge in [0.2, 0.25) is 10.0 Å². The first-order valence-electron chi connectivity index (χ1n) is 9.62. The van der Waals surface area contributed by atoms with Gasteiger partial charge in [-0.05, 0) is 31.2 Å². The zero-order chi connectivity index (χ0) is 24.8. The molecule has 0 radical (unpaired) electrons. The summed E-state index contributed by atoms with van der Waals surface area (Å²) in [5, 5.41) is 9.52. The minimum Gasteiger partial charge on any atom is -0.369 e. The van der Waals surface area contributed by atoms with E-state index < -0.39 is 39.6 Å². The van der Waals surface area contributed by atoms with Gasteiger partial charge in [-0.15, -0.1) is 12.6 Å². The largest absolute Gasteiger partial charge is 0.430 e. The van der Waals surface area contributed by atoms with Crippen LogP contribution in [-0.2, 0) is 15.6 Å². The van der Waals surface area contributed by atoms with Crippen molar-refractivity contribution in [3.8, 4) is 0 Å². The van der Waals surface area contributed by atoms with Crippen molar-refractivity contribution in [1.82, 2.24) is 4.31 Å². The maximum Gasteiger partial charge on any atom is 0.430 e. The Labute approximate surface area is 192 Å². The Morgan fingerprint density at radius 1 is 0.939 bits per heavy atom. The number of nitrogens with zero attached hydrogens (tertiary/aromatic N) is 2. The Morgan fingerprint density at radius 2 is 1.48 bits per heavy atom. The Balaban J connectivity index is 1.82. The highest BCUT2D eigenvalue weighted by Gasteiger charge is 2.71. The van der Waals surface area contributed by atoms with Crippen LogP contribution in [0.1, 0.15) is 12.5 Å². The summed E-state index contributed by atoms with van der Waals surface area (Å²) in [5.41, 5.74) is -6.06. The van der Waals surface area contributed by atoms with E-state index in [0.717, 1.165) is 12.1 Å². The molecule has 0 amide bonds. The summed E-state index contributed by atoms with van der Waals surface area (Å²) in [6.07, 6.45) is -11.9. The van der Waals surface area contributed by atoms with Crippen molar-refractivity contribution in [2.75, 3.05) is 24.5 Å². The van der Waals surface area contributed by atoms with Gasteiger partial charge in [-0.3, -0.25) is 0 Å². The molecular weight excluding hydrogens is 494 g/mol. The van der Waals surface area contributed by atoms with Crippen molar-refractivity contribution in [3.05, 3.63) is 54.1 Å². The van der Waals surface area contributed by atoms with Gasteiger partial charge in [-0.1, -0.05) is 24.3 Å². The molecule has 1 N–H and O–H groups in total. The van der Waals surface area contributed by atoms with E-state index in [-0.39, 0.29) is 29.4 Å². The molecule has 3 rings (SSSR count). The molecule has 1 saturated heterocycles. The summed E-state index contributed by atoms with van der Waals surface area (Å²) in [5.74, 6) is 0. The van der Waals surface area contributed by atoms with Gasteiger partial charge in [0.05, 0.1) is 4.90 Å². The molecule has 0 aromatic heterocycles. The first-order chi connectivity index (χ1) is 15.1. The number of benzene rings is 2. The number of piperazine rings is 1. The first kappa shape index (κ1) is 25.7. The van der Waals surface area contributed by atoms with Crippen LogP contribution in [0.2, 0.25) is 0 Å². The molecule has 0 saturated carbocycles. The number of anilines is 1. The number of alkyl halides is 6. The number of thiol groups is 1. The fourth-order valence-corrected chi connectivity index (χ4v) is 5.82. The fourth-order valence-electron chi connectivity index (χ4n) is 3.72. The van der Waals surface area contributed by atoms with Gasteiger partial charge in [0.15, 0.2) is 0 Å². The van der Waals surface area contributed by atoms with Gasteiger partial charge in [0.1, 0.15) is 0 Å². The monoisotopic (exact) mass is 514 g/mol. The zero-order valence-corrected chi connectivity index (χ0v) is 18.8. The molecule has 2 aromatic carbocycles. The van der Waals surface area contributed by atoms with Gasteiger partial charge in [-0.2, -0.15) is 30.6 Å². The molecule has 33 heavy (non-hydrogen) atoms. The maximum absolute atomic E-state index is 13.1. The molecule has 1 fully saturated rings. The third-order valence-electron chi connectivity index (χ3n) is 5.51. The van der Waals surface area contributed by atoms with E-state index >= 15 is 0 Å². The molecule has 0 aliphatic carbocycles. The van der Waals surface area contributed by atoms with E-state index in [0.29, 0.717) is 17.8 Å². The smallest absolute Gasteiger partial charge is 0.369 e. The van der Waals surface area contributed by atoms with Crippen LogP contribution in [0.25, 0.3) is 0 Å². The molecule has 1 heterocycles. The van der Waals surface area contributed by atoms with Crippen molar-refractivity contribution >= 4 is 28.3 Å². The highest BCUT2D eigenvalue weighted by molar-refractivity contribution is 7.90. The highest BCUT2D eigenvalue weighted by Crippen LogP contribution is 2.50. The Morgan fingerprint density at radius 3 is 1.97 bits per heavy atom. The van der Waals surface area contributed by atoms with Gasteiger partial charge < -0.3 is 10.0 Å². The molecular formula is C20H20F6N2O3S2. The summed E-state index contributed by atoms with van der Waals surface area (Å²) >= 11 is 4.18. The summed E-state index contributed by atoms with van der Waals surface area (Å²) in [7, 11) is -3.84. The minimum absolute atomic E-state index is 0.0388. The van der Waals surface area contributed by atoms with Crippen LogP contribution in [-0.4, -0.2) is 55.9 Å². The maximum atomic E-state index is 13.1. The molecule has 1 aliphatic rings. The Bertz CT molecular complexity index is 1090. The van der Waals surface area contributed by atoms with Crippen molar-refractivity contribution < 1.29 is 39.9 Å². The lowest BCUT2D eigenvalue weighted by Gasteiger charge is -2.41. The third kappa shape index (κ3) is 4.55. The second-order valence-corrected chi connectivity index (χ2v) is 10.0. The molecule has 1 atom stereocenters. The van der Waals surface area contributed by atoms with Crippen LogP contribution >= 0.6 is 12.6 Å². The first-order valence-corrected chi connectivity index (χ1v) is 11.5. The average Bonchev–Trinajstić information content (AvgIpc) is 2.72. The van der Waals surface area contributed by atoms with E-state index in [9.17, 15) is 39.9 Å². The lowest BCUT2D eigenvalue weighted by Crippen LogP contribution is -2.54. The number of rotatable bonds is 4. The van der Waals surface area contributed by atoms with E-state index in [4.69, 9.17) is 0 Å². The number of hydrogen-bond donors (Lipinski definition) is 2. The molecule has 0 unspecified atom stereocenters. The van der Waals surface area contributed by atoms with Gasteiger partial charge in [0.25, 0.3) is 5.60 Å². The van der Waals surface area contributed by atoms with E-state index in [1.807, 2.05) is 0 Å². The molecule has 2 aromatic rings. The van der Waals surface area contributed by atoms with Crippen molar-refractivity contribution in [2.24, 2.45) is 0 Å². The fraction of sp³-hybridized carbons (Fsp3) is 0.400. The molecule has 182 valence electrons. The zero-order valence-electron chi connectivity index (χ0n) is 17.1. The summed E-state index contributed by atoms with van der Waals surface area (Å²) in [6.45, 7) is 1.92. The molecule has 0 spiro atoms. The standard InChI is InChI=1S/C20H20F6N2O3S2/c1-13-12-27(33(30,31)17-5-3-2-4-16(17)32)10-11-28(13)15-8-6-14(7-9-15)18(29,19(21,22)23)20(24,25)26/h2-9,13,29,32H,10-12H2,1H3/t13-/m0/s1. The van der Waals surface area contributed by atoms with E-state index in [1.54, 1.807) is 30.0 Å². The van der Waals surface area contributed by atoms with Gasteiger partial charge in [0, 0.05) is 41.8 Å². The summed E-state index contributed by atoms with van der Waals surface area (Å²) in [6, 6.07) is 8.97. The molecule has 5 nitrogen and oxygen atoms in total. The van der Waals surface area contributed by atoms with Crippen molar-refractivity contribution in [3.63, 3.8) is 0 Å². The predicted molar refractivity (Wildman–Crippen MR) is 112 cm³/mol. The normalized spacial score (nSPS) is 19.1. The predicted octanol–water partition coefficient (Wildman–Crippen LogP) is 4.19. The topological polar surface area (TPSA) is 60.9 Å². The lowest BCUT2D eigenvalue weighted by atomic mass is 9.92. The van der Waals surface area contributed by atoms with Crippen LogP contribution in [0.3, 0.4) is 0 Å². The Kier molecular flexibility index (Phi) is 6.75. The van der Waals surface area contributed by atoms with Gasteiger partial charge >= 0.3 is 12.4 Å². The second-order valence-electron chi connectivity index (χ2n) is 7.63. The Hall–Kier alpha value is -1.96. The number of halogens is 6. The highest BCUT2D eigenvalue weighted by atomic mass is 32.2. The number of hydrogen-bond acceptors (Lipinski definition) is 5. The van der Waals surface area contributed by atoms with Crippen LogP contribution in [0.15, 0.2) is 58.3 Å². The van der Waals surface area contributed by atoms with Crippen LogP contribution in [0, 0.1) is 0 Å². The van der Waals surface area contributed by atoms with Crippen LogP contribution in [0.5, 0.6) is 0 Å². The molecule has 0 bridgehead atoms.